The van der Waals surface area contributed by atoms with Gasteiger partial charge in [-0.15, -0.1) is 0 Å². The molecule has 4 bridgehead atoms. The van der Waals surface area contributed by atoms with Crippen LogP contribution in [0.4, 0.5) is 0 Å². The number of rotatable bonds is 4. The lowest BCUT2D eigenvalue weighted by atomic mass is 9.41. The third-order valence-corrected chi connectivity index (χ3v) is 8.83. The average molecular weight is 396 g/mol. The topological polar surface area (TPSA) is 58.4 Å². The fourth-order valence-electron chi connectivity index (χ4n) is 7.96. The van der Waals surface area contributed by atoms with Gasteiger partial charge >= 0.3 is 0 Å². The molecule has 158 valence electrons. The van der Waals surface area contributed by atoms with Crippen molar-refractivity contribution in [3.05, 3.63) is 35.9 Å². The lowest BCUT2D eigenvalue weighted by molar-refractivity contribution is -0.159. The first-order valence-electron chi connectivity index (χ1n) is 11.7. The summed E-state index contributed by atoms with van der Waals surface area (Å²) in [4.78, 5) is 16.2. The number of hydrogen-bond acceptors (Lipinski definition) is 3. The minimum Gasteiger partial charge on any atom is -0.353 e. The monoisotopic (exact) mass is 395 g/mol. The second-order valence-corrected chi connectivity index (χ2v) is 11.0. The summed E-state index contributed by atoms with van der Waals surface area (Å²) in [6.45, 7) is 0. The van der Waals surface area contributed by atoms with Gasteiger partial charge in [-0.25, -0.2) is 0 Å². The summed E-state index contributed by atoms with van der Waals surface area (Å²) in [6, 6.07) is 12.4. The summed E-state index contributed by atoms with van der Waals surface area (Å²) >= 11 is 0. The zero-order valence-corrected chi connectivity index (χ0v) is 18.1. The van der Waals surface area contributed by atoms with E-state index in [1.54, 1.807) is 0 Å². The first kappa shape index (κ1) is 19.6. The van der Waals surface area contributed by atoms with Crippen LogP contribution in [0.25, 0.3) is 0 Å². The summed E-state index contributed by atoms with van der Waals surface area (Å²) < 4.78 is 0. The van der Waals surface area contributed by atoms with Gasteiger partial charge in [-0.05, 0) is 94.7 Å². The van der Waals surface area contributed by atoms with E-state index in [-0.39, 0.29) is 10.8 Å². The SMILES string of the molecule is CN(C)C1C2CC3(C(=O)NC4CCC(N)CC4)CC1CC(c1ccccc1)(C2)C3. The molecule has 4 nitrogen and oxygen atoms in total. The quantitative estimate of drug-likeness (QED) is 0.821. The van der Waals surface area contributed by atoms with Gasteiger partial charge in [0.15, 0.2) is 0 Å². The van der Waals surface area contributed by atoms with Gasteiger partial charge < -0.3 is 16.0 Å². The van der Waals surface area contributed by atoms with E-state index in [4.69, 9.17) is 5.73 Å². The molecule has 1 amide bonds. The van der Waals surface area contributed by atoms with Crippen LogP contribution in [0.5, 0.6) is 0 Å². The number of carbonyl (C=O) groups is 1. The number of nitrogens with two attached hydrogens (primary N) is 1. The van der Waals surface area contributed by atoms with Crippen LogP contribution >= 0.6 is 0 Å². The van der Waals surface area contributed by atoms with E-state index in [0.29, 0.717) is 35.9 Å². The smallest absolute Gasteiger partial charge is 0.226 e. The van der Waals surface area contributed by atoms with Crippen molar-refractivity contribution >= 4 is 5.91 Å². The molecule has 1 aromatic carbocycles. The lowest BCUT2D eigenvalue weighted by Gasteiger charge is -2.65. The van der Waals surface area contributed by atoms with E-state index in [1.165, 1.54) is 18.4 Å². The van der Waals surface area contributed by atoms with E-state index in [2.05, 4.69) is 54.6 Å². The molecule has 5 saturated carbocycles. The molecule has 0 saturated heterocycles. The Morgan fingerprint density at radius 2 is 1.62 bits per heavy atom. The Bertz CT molecular complexity index is 737. The minimum absolute atomic E-state index is 0.173. The van der Waals surface area contributed by atoms with Gasteiger partial charge in [0.05, 0.1) is 5.41 Å². The van der Waals surface area contributed by atoms with Crippen LogP contribution in [-0.2, 0) is 10.2 Å². The zero-order valence-electron chi connectivity index (χ0n) is 18.1. The van der Waals surface area contributed by atoms with Crippen molar-refractivity contribution in [2.75, 3.05) is 14.1 Å². The Labute approximate surface area is 175 Å². The molecule has 2 atom stereocenters. The van der Waals surface area contributed by atoms with Crippen LogP contribution in [0.2, 0.25) is 0 Å². The van der Waals surface area contributed by atoms with Crippen LogP contribution in [0.1, 0.15) is 63.4 Å². The third kappa shape index (κ3) is 3.23. The maximum Gasteiger partial charge on any atom is 0.226 e. The van der Waals surface area contributed by atoms with Crippen molar-refractivity contribution in [1.29, 1.82) is 0 Å². The number of nitrogens with one attached hydrogen (secondary N) is 1. The Kier molecular flexibility index (Phi) is 4.78. The molecule has 29 heavy (non-hydrogen) atoms. The standard InChI is InChI=1S/C25H37N3O/c1-28(2)22-17-12-24(19-6-4-3-5-7-19)13-18(22)15-25(14-17,16-24)23(29)27-21-10-8-20(26)9-11-21/h3-7,17-18,20-22H,8-16,26H2,1-2H3,(H,27,29). The highest BCUT2D eigenvalue weighted by atomic mass is 16.2. The maximum absolute atomic E-state index is 13.7. The number of carbonyl (C=O) groups excluding carboxylic acids is 1. The van der Waals surface area contributed by atoms with Crippen molar-refractivity contribution in [2.24, 2.45) is 23.0 Å². The van der Waals surface area contributed by atoms with E-state index in [9.17, 15) is 4.79 Å². The Morgan fingerprint density at radius 1 is 1.00 bits per heavy atom. The largest absolute Gasteiger partial charge is 0.353 e. The molecular formula is C25H37N3O. The molecule has 5 aliphatic carbocycles. The highest BCUT2D eigenvalue weighted by Gasteiger charge is 2.64. The lowest BCUT2D eigenvalue weighted by Crippen LogP contribution is -2.66. The number of amides is 1. The van der Waals surface area contributed by atoms with Crippen LogP contribution in [0.15, 0.2) is 30.3 Å². The molecule has 4 heteroatoms. The first-order valence-corrected chi connectivity index (χ1v) is 11.7. The van der Waals surface area contributed by atoms with Gasteiger partial charge in [0.25, 0.3) is 0 Å². The highest BCUT2D eigenvalue weighted by Crippen LogP contribution is 2.66. The van der Waals surface area contributed by atoms with E-state index in [1.807, 2.05) is 0 Å². The summed E-state index contributed by atoms with van der Waals surface area (Å²) in [5.74, 6) is 1.60. The van der Waals surface area contributed by atoms with Gasteiger partial charge in [-0.1, -0.05) is 30.3 Å². The molecule has 0 heterocycles. The second kappa shape index (κ2) is 7.09. The van der Waals surface area contributed by atoms with Crippen LogP contribution < -0.4 is 11.1 Å². The van der Waals surface area contributed by atoms with Crippen molar-refractivity contribution in [3.63, 3.8) is 0 Å². The van der Waals surface area contributed by atoms with Gasteiger partial charge in [0.2, 0.25) is 5.91 Å². The van der Waals surface area contributed by atoms with Gasteiger partial charge in [0, 0.05) is 18.1 Å². The summed E-state index contributed by atoms with van der Waals surface area (Å²) in [6.07, 6.45) is 9.82. The predicted molar refractivity (Wildman–Crippen MR) is 116 cm³/mol. The molecule has 3 N–H and O–H groups in total. The van der Waals surface area contributed by atoms with E-state index in [0.717, 1.165) is 44.9 Å². The molecule has 5 aliphatic rings. The summed E-state index contributed by atoms with van der Waals surface area (Å²) in [5.41, 5.74) is 7.56. The molecule has 1 aromatic rings. The molecule has 5 fully saturated rings. The normalized spacial score (nSPS) is 43.5. The summed E-state index contributed by atoms with van der Waals surface area (Å²) in [7, 11) is 4.47. The Morgan fingerprint density at radius 3 is 2.21 bits per heavy atom. The van der Waals surface area contributed by atoms with E-state index < -0.39 is 0 Å². The van der Waals surface area contributed by atoms with Crippen LogP contribution in [0.3, 0.4) is 0 Å². The molecule has 0 aliphatic heterocycles. The second-order valence-electron chi connectivity index (χ2n) is 11.0. The number of benzene rings is 1. The predicted octanol–water partition coefficient (Wildman–Crippen LogP) is 3.45. The molecule has 0 aromatic heterocycles. The summed E-state index contributed by atoms with van der Waals surface area (Å²) in [5, 5.41) is 3.50. The van der Waals surface area contributed by atoms with Crippen LogP contribution in [0, 0.1) is 17.3 Å². The van der Waals surface area contributed by atoms with Crippen molar-refractivity contribution in [1.82, 2.24) is 10.2 Å². The third-order valence-electron chi connectivity index (χ3n) is 8.83. The molecule has 0 radical (unpaired) electrons. The molecule has 2 unspecified atom stereocenters. The number of hydrogen-bond donors (Lipinski definition) is 2. The average Bonchev–Trinajstić information content (AvgIpc) is 2.69. The van der Waals surface area contributed by atoms with Crippen molar-refractivity contribution < 1.29 is 4.79 Å². The van der Waals surface area contributed by atoms with E-state index >= 15 is 0 Å². The minimum atomic E-state index is -0.173. The van der Waals surface area contributed by atoms with Gasteiger partial charge in [0.1, 0.15) is 0 Å². The van der Waals surface area contributed by atoms with Gasteiger partial charge in [-0.2, -0.15) is 0 Å². The Hall–Kier alpha value is -1.39. The maximum atomic E-state index is 13.7. The molecule has 0 spiro atoms. The number of nitrogens with zero attached hydrogens (tertiary/aromatic N) is 1. The zero-order chi connectivity index (χ0) is 20.2. The molecule has 6 rings (SSSR count). The first-order chi connectivity index (χ1) is 13.9. The van der Waals surface area contributed by atoms with Crippen molar-refractivity contribution in [3.8, 4) is 0 Å². The van der Waals surface area contributed by atoms with Gasteiger partial charge in [-0.3, -0.25) is 4.79 Å². The fourth-order valence-corrected chi connectivity index (χ4v) is 7.96. The van der Waals surface area contributed by atoms with Crippen molar-refractivity contribution in [2.45, 2.75) is 81.3 Å². The van der Waals surface area contributed by atoms with Crippen LogP contribution in [-0.4, -0.2) is 43.0 Å². The molecular weight excluding hydrogens is 358 g/mol. The fraction of sp³-hybridized carbons (Fsp3) is 0.720. The Balaban J connectivity index is 1.44. The highest BCUT2D eigenvalue weighted by molar-refractivity contribution is 5.84.